The van der Waals surface area contributed by atoms with Crippen molar-refractivity contribution in [3.63, 3.8) is 0 Å². The van der Waals surface area contributed by atoms with Crippen LogP contribution in [0.15, 0.2) is 30.3 Å². The highest BCUT2D eigenvalue weighted by Gasteiger charge is 1.89. The molecule has 0 fully saturated rings. The van der Waals surface area contributed by atoms with Gasteiger partial charge >= 0.3 is 0 Å². The van der Waals surface area contributed by atoms with E-state index in [1.807, 2.05) is 30.3 Å². The van der Waals surface area contributed by atoms with E-state index in [0.717, 1.165) is 5.75 Å². The van der Waals surface area contributed by atoms with Crippen LogP contribution in [-0.2, 0) is 0 Å². The average molecular weight is 190 g/mol. The summed E-state index contributed by atoms with van der Waals surface area (Å²) in [7, 11) is 0. The van der Waals surface area contributed by atoms with Crippen LogP contribution in [-0.4, -0.2) is 17.8 Å². The summed E-state index contributed by atoms with van der Waals surface area (Å²) >= 11 is 0. The third kappa shape index (κ3) is 4.54. The number of aliphatic hydroxyl groups excluding tert-OH is 1. The summed E-state index contributed by atoms with van der Waals surface area (Å²) in [5.74, 6) is 6.48. The molecule has 1 aromatic rings. The summed E-state index contributed by atoms with van der Waals surface area (Å²) < 4.78 is 5.33. The van der Waals surface area contributed by atoms with Crippen LogP contribution < -0.4 is 4.74 Å². The second-order valence-corrected chi connectivity index (χ2v) is 3.01. The van der Waals surface area contributed by atoms with Crippen molar-refractivity contribution in [1.29, 1.82) is 0 Å². The van der Waals surface area contributed by atoms with Gasteiger partial charge in [0.2, 0.25) is 0 Å². The molecule has 0 amide bonds. The fourth-order valence-electron chi connectivity index (χ4n) is 0.907. The molecule has 2 heteroatoms. The number of benzene rings is 1. The summed E-state index contributed by atoms with van der Waals surface area (Å²) in [6, 6.07) is 9.54. The smallest absolute Gasteiger partial charge is 0.149 e. The van der Waals surface area contributed by atoms with Crippen LogP contribution in [0.5, 0.6) is 5.75 Å². The van der Waals surface area contributed by atoms with Crippen LogP contribution in [0.3, 0.4) is 0 Å². The van der Waals surface area contributed by atoms with Crippen LogP contribution in [0, 0.1) is 11.8 Å². The van der Waals surface area contributed by atoms with Crippen molar-refractivity contribution in [3.05, 3.63) is 30.3 Å². The van der Waals surface area contributed by atoms with Gasteiger partial charge in [0.1, 0.15) is 12.4 Å². The highest BCUT2D eigenvalue weighted by atomic mass is 16.5. The lowest BCUT2D eigenvalue weighted by Crippen LogP contribution is -1.97. The Morgan fingerprint density at radius 2 is 2.00 bits per heavy atom. The topological polar surface area (TPSA) is 29.5 Å². The van der Waals surface area contributed by atoms with E-state index in [1.165, 1.54) is 0 Å². The zero-order chi connectivity index (χ0) is 10.2. The Balaban J connectivity index is 2.24. The molecule has 74 valence electrons. The Morgan fingerprint density at radius 3 is 2.64 bits per heavy atom. The van der Waals surface area contributed by atoms with E-state index in [9.17, 15) is 0 Å². The molecular weight excluding hydrogens is 176 g/mol. The van der Waals surface area contributed by atoms with Gasteiger partial charge in [-0.15, -0.1) is 0 Å². The Morgan fingerprint density at radius 1 is 1.29 bits per heavy atom. The van der Waals surface area contributed by atoms with Gasteiger partial charge in [0.25, 0.3) is 0 Å². The zero-order valence-corrected chi connectivity index (χ0v) is 8.23. The maximum absolute atomic E-state index is 8.93. The number of para-hydroxylation sites is 1. The van der Waals surface area contributed by atoms with Crippen molar-refractivity contribution < 1.29 is 9.84 Å². The lowest BCUT2D eigenvalue weighted by Gasteiger charge is -1.99. The molecule has 1 aromatic carbocycles. The van der Waals surface area contributed by atoms with Crippen LogP contribution >= 0.6 is 0 Å². The molecule has 1 unspecified atom stereocenters. The number of aliphatic hydroxyl groups is 1. The van der Waals surface area contributed by atoms with E-state index < -0.39 is 0 Å². The lowest BCUT2D eigenvalue weighted by molar-refractivity contribution is 0.201. The fourth-order valence-corrected chi connectivity index (χ4v) is 0.907. The van der Waals surface area contributed by atoms with E-state index in [1.54, 1.807) is 6.92 Å². The molecule has 0 bridgehead atoms. The molecule has 0 aliphatic rings. The van der Waals surface area contributed by atoms with Crippen molar-refractivity contribution >= 4 is 0 Å². The average Bonchev–Trinajstić information content (AvgIpc) is 2.18. The first kappa shape index (κ1) is 10.6. The van der Waals surface area contributed by atoms with Crippen molar-refractivity contribution in [3.8, 4) is 17.6 Å². The first-order chi connectivity index (χ1) is 6.79. The van der Waals surface area contributed by atoms with Gasteiger partial charge in [-0.1, -0.05) is 30.0 Å². The maximum Gasteiger partial charge on any atom is 0.149 e. The zero-order valence-electron chi connectivity index (χ0n) is 8.23. The summed E-state index contributed by atoms with van der Waals surface area (Å²) in [6.45, 7) is 2.09. The maximum atomic E-state index is 8.93. The largest absolute Gasteiger partial charge is 0.481 e. The monoisotopic (exact) mass is 190 g/mol. The Labute approximate surface area is 84.5 Å². The fraction of sp³-hybridized carbons (Fsp3) is 0.333. The number of hydrogen-bond donors (Lipinski definition) is 1. The number of hydrogen-bond acceptors (Lipinski definition) is 2. The summed E-state index contributed by atoms with van der Waals surface area (Å²) in [6.07, 6.45) is 0.136. The summed E-state index contributed by atoms with van der Waals surface area (Å²) in [4.78, 5) is 0. The van der Waals surface area contributed by atoms with Crippen LogP contribution in [0.4, 0.5) is 0 Å². The van der Waals surface area contributed by atoms with Gasteiger partial charge in [0.15, 0.2) is 0 Å². The second kappa shape index (κ2) is 6.06. The minimum atomic E-state index is -0.362. The van der Waals surface area contributed by atoms with Crippen LogP contribution in [0.25, 0.3) is 0 Å². The molecule has 0 radical (unpaired) electrons. The quantitative estimate of drug-likeness (QED) is 0.737. The van der Waals surface area contributed by atoms with Crippen LogP contribution in [0.1, 0.15) is 13.3 Å². The summed E-state index contributed by atoms with van der Waals surface area (Å²) in [5.41, 5.74) is 0. The van der Waals surface area contributed by atoms with Gasteiger partial charge in [-0.3, -0.25) is 0 Å². The van der Waals surface area contributed by atoms with Gasteiger partial charge in [-0.05, 0) is 19.1 Å². The molecule has 0 saturated carbocycles. The van der Waals surface area contributed by atoms with E-state index >= 15 is 0 Å². The predicted molar refractivity (Wildman–Crippen MR) is 56.0 cm³/mol. The Bertz CT molecular complexity index is 306. The molecule has 1 rings (SSSR count). The molecule has 0 aromatic heterocycles. The third-order valence-electron chi connectivity index (χ3n) is 1.58. The molecule has 0 aliphatic carbocycles. The van der Waals surface area contributed by atoms with Crippen molar-refractivity contribution in [2.75, 3.05) is 6.61 Å². The standard InChI is InChI=1S/C12H14O2/c1-11(13)7-5-6-10-14-12-8-3-2-4-9-12/h2-4,8-9,11,13H,7,10H2,1H3. The molecule has 0 heterocycles. The van der Waals surface area contributed by atoms with Crippen molar-refractivity contribution in [1.82, 2.24) is 0 Å². The minimum Gasteiger partial charge on any atom is -0.481 e. The van der Waals surface area contributed by atoms with Crippen LogP contribution in [0.2, 0.25) is 0 Å². The Hall–Kier alpha value is -1.46. The molecular formula is C12H14O2. The van der Waals surface area contributed by atoms with Gasteiger partial charge in [0, 0.05) is 6.42 Å². The van der Waals surface area contributed by atoms with Crippen molar-refractivity contribution in [2.45, 2.75) is 19.4 Å². The van der Waals surface area contributed by atoms with E-state index in [-0.39, 0.29) is 6.10 Å². The molecule has 2 nitrogen and oxygen atoms in total. The number of rotatable bonds is 3. The molecule has 1 atom stereocenters. The molecule has 1 N–H and O–H groups in total. The second-order valence-electron chi connectivity index (χ2n) is 3.01. The van der Waals surface area contributed by atoms with E-state index in [4.69, 9.17) is 9.84 Å². The lowest BCUT2D eigenvalue weighted by atomic mass is 10.3. The molecule has 0 spiro atoms. The van der Waals surface area contributed by atoms with E-state index in [0.29, 0.717) is 13.0 Å². The highest BCUT2D eigenvalue weighted by molar-refractivity contribution is 5.21. The Kier molecular flexibility index (Phi) is 4.60. The van der Waals surface area contributed by atoms with Crippen molar-refractivity contribution in [2.24, 2.45) is 0 Å². The van der Waals surface area contributed by atoms with Gasteiger partial charge in [0.05, 0.1) is 6.10 Å². The molecule has 0 aliphatic heterocycles. The molecule has 0 saturated heterocycles. The number of ether oxygens (including phenoxy) is 1. The third-order valence-corrected chi connectivity index (χ3v) is 1.58. The van der Waals surface area contributed by atoms with Gasteiger partial charge in [-0.2, -0.15) is 0 Å². The molecule has 14 heavy (non-hydrogen) atoms. The van der Waals surface area contributed by atoms with Gasteiger partial charge < -0.3 is 9.84 Å². The SMILES string of the molecule is CC(O)CC#CCOc1ccccc1. The normalized spacial score (nSPS) is 11.3. The predicted octanol–water partition coefficient (Wildman–Crippen LogP) is 1.84. The minimum absolute atomic E-state index is 0.362. The van der Waals surface area contributed by atoms with E-state index in [2.05, 4.69) is 11.8 Å². The first-order valence-electron chi connectivity index (χ1n) is 4.60. The van der Waals surface area contributed by atoms with Gasteiger partial charge in [-0.25, -0.2) is 0 Å². The summed E-state index contributed by atoms with van der Waals surface area (Å²) in [5, 5.41) is 8.93. The first-order valence-corrected chi connectivity index (χ1v) is 4.60. The highest BCUT2D eigenvalue weighted by Crippen LogP contribution is 2.07.